The van der Waals surface area contributed by atoms with Crippen molar-refractivity contribution in [2.45, 2.75) is 12.8 Å². The average molecular weight is 258 g/mol. The van der Waals surface area contributed by atoms with Gasteiger partial charge in [-0.25, -0.2) is 0 Å². The molecule has 0 fully saturated rings. The summed E-state index contributed by atoms with van der Waals surface area (Å²) in [6.07, 6.45) is -4.33. The lowest BCUT2D eigenvalue weighted by atomic mass is 10.1. The number of benzene rings is 1. The summed E-state index contributed by atoms with van der Waals surface area (Å²) >= 11 is 1.29. The van der Waals surface area contributed by atoms with E-state index >= 15 is 0 Å². The summed E-state index contributed by atoms with van der Waals surface area (Å²) < 4.78 is 37.6. The third-order valence-corrected chi connectivity index (χ3v) is 3.41. The molecule has 1 heterocycles. The molecule has 0 spiro atoms. The predicted octanol–water partition coefficient (Wildman–Crippen LogP) is 3.93. The van der Waals surface area contributed by atoms with Gasteiger partial charge >= 0.3 is 6.18 Å². The molecular formula is C12H9F3OS. The van der Waals surface area contributed by atoms with Gasteiger partial charge in [0.05, 0.1) is 12.2 Å². The smallest absolute Gasteiger partial charge is 0.391 e. The Hall–Kier alpha value is -1.33. The molecule has 17 heavy (non-hydrogen) atoms. The van der Waals surface area contributed by atoms with Crippen LogP contribution < -0.4 is 0 Å². The number of rotatable bonds is 2. The molecule has 0 bridgehead atoms. The van der Waals surface area contributed by atoms with E-state index in [1.807, 2.05) is 0 Å². The van der Waals surface area contributed by atoms with E-state index in [0.717, 1.165) is 21.9 Å². The van der Waals surface area contributed by atoms with Gasteiger partial charge in [0, 0.05) is 9.75 Å². The van der Waals surface area contributed by atoms with Gasteiger partial charge in [-0.15, -0.1) is 11.3 Å². The Kier molecular flexibility index (Phi) is 3.22. The summed E-state index contributed by atoms with van der Waals surface area (Å²) in [6, 6.07) is 8.60. The van der Waals surface area contributed by atoms with Crippen LogP contribution in [-0.2, 0) is 12.8 Å². The van der Waals surface area contributed by atoms with E-state index in [1.165, 1.54) is 17.4 Å². The van der Waals surface area contributed by atoms with Crippen molar-refractivity contribution in [2.24, 2.45) is 0 Å². The molecule has 5 heteroatoms. The molecule has 0 aliphatic heterocycles. The zero-order chi connectivity index (χ0) is 12.5. The van der Waals surface area contributed by atoms with E-state index < -0.39 is 11.7 Å². The van der Waals surface area contributed by atoms with E-state index in [1.54, 1.807) is 18.2 Å². The van der Waals surface area contributed by atoms with Gasteiger partial charge in [0.1, 0.15) is 0 Å². The summed E-state index contributed by atoms with van der Waals surface area (Å²) in [4.78, 5) is 1.46. The van der Waals surface area contributed by atoms with Crippen molar-refractivity contribution in [1.82, 2.24) is 0 Å². The molecule has 0 aliphatic carbocycles. The Morgan fingerprint density at radius 1 is 1.12 bits per heavy atom. The summed E-state index contributed by atoms with van der Waals surface area (Å²) in [5, 5.41) is 8.91. The minimum Gasteiger partial charge on any atom is -0.391 e. The topological polar surface area (TPSA) is 20.2 Å². The van der Waals surface area contributed by atoms with E-state index in [2.05, 4.69) is 0 Å². The number of aliphatic hydroxyl groups is 1. The van der Waals surface area contributed by atoms with Crippen molar-refractivity contribution in [2.75, 3.05) is 0 Å². The molecule has 0 atom stereocenters. The molecule has 0 unspecified atom stereocenters. The van der Waals surface area contributed by atoms with E-state index in [-0.39, 0.29) is 6.61 Å². The van der Waals surface area contributed by atoms with Gasteiger partial charge in [-0.3, -0.25) is 0 Å². The standard InChI is InChI=1S/C12H9F3OS/c13-12(14,15)9-3-1-2-8(6-9)11-5-4-10(7-16)17-11/h1-6,16H,7H2. The zero-order valence-electron chi connectivity index (χ0n) is 8.66. The van der Waals surface area contributed by atoms with Crippen LogP contribution in [0, 0.1) is 0 Å². The maximum absolute atomic E-state index is 12.5. The number of hydrogen-bond donors (Lipinski definition) is 1. The Balaban J connectivity index is 2.39. The number of thiophene rings is 1. The molecule has 0 radical (unpaired) electrons. The molecule has 1 aromatic heterocycles. The highest BCUT2D eigenvalue weighted by molar-refractivity contribution is 7.15. The summed E-state index contributed by atoms with van der Waals surface area (Å²) in [5.74, 6) is 0. The Bertz CT molecular complexity index is 516. The maximum Gasteiger partial charge on any atom is 0.416 e. The first-order valence-electron chi connectivity index (χ1n) is 4.88. The van der Waals surface area contributed by atoms with Gasteiger partial charge in [-0.05, 0) is 29.8 Å². The summed E-state index contributed by atoms with van der Waals surface area (Å²) in [6.45, 7) is -0.0936. The zero-order valence-corrected chi connectivity index (χ0v) is 9.48. The number of aliphatic hydroxyl groups excluding tert-OH is 1. The van der Waals surface area contributed by atoms with Crippen LogP contribution >= 0.6 is 11.3 Å². The first-order chi connectivity index (χ1) is 8.00. The number of hydrogen-bond acceptors (Lipinski definition) is 2. The van der Waals surface area contributed by atoms with Gasteiger partial charge in [-0.2, -0.15) is 13.2 Å². The normalized spacial score (nSPS) is 11.8. The number of alkyl halides is 3. The minimum atomic E-state index is -4.33. The predicted molar refractivity (Wildman–Crippen MR) is 60.7 cm³/mol. The van der Waals surface area contributed by atoms with Crippen LogP contribution in [-0.4, -0.2) is 5.11 Å². The van der Waals surface area contributed by atoms with Gasteiger partial charge in [0.15, 0.2) is 0 Å². The quantitative estimate of drug-likeness (QED) is 0.865. The monoisotopic (exact) mass is 258 g/mol. The van der Waals surface area contributed by atoms with Gasteiger partial charge < -0.3 is 5.11 Å². The third-order valence-electron chi connectivity index (χ3n) is 2.29. The second-order valence-corrected chi connectivity index (χ2v) is 4.67. The van der Waals surface area contributed by atoms with Crippen LogP contribution in [0.25, 0.3) is 10.4 Å². The molecule has 2 aromatic rings. The van der Waals surface area contributed by atoms with Crippen molar-refractivity contribution >= 4 is 11.3 Å². The largest absolute Gasteiger partial charge is 0.416 e. The first kappa shape index (κ1) is 12.1. The maximum atomic E-state index is 12.5. The van der Waals surface area contributed by atoms with Gasteiger partial charge in [0.2, 0.25) is 0 Å². The Labute approximate surface area is 100 Å². The summed E-state index contributed by atoms with van der Waals surface area (Å²) in [5.41, 5.74) is -0.140. The molecule has 90 valence electrons. The molecule has 1 N–H and O–H groups in total. The Morgan fingerprint density at radius 3 is 2.47 bits per heavy atom. The van der Waals surface area contributed by atoms with Gasteiger partial charge in [-0.1, -0.05) is 12.1 Å². The van der Waals surface area contributed by atoms with Crippen LogP contribution in [0.2, 0.25) is 0 Å². The van der Waals surface area contributed by atoms with Crippen molar-refractivity contribution in [3.63, 3.8) is 0 Å². The lowest BCUT2D eigenvalue weighted by Gasteiger charge is -2.07. The van der Waals surface area contributed by atoms with E-state index in [9.17, 15) is 13.2 Å². The van der Waals surface area contributed by atoms with Crippen molar-refractivity contribution in [1.29, 1.82) is 0 Å². The molecule has 1 nitrogen and oxygen atoms in total. The van der Waals surface area contributed by atoms with E-state index in [4.69, 9.17) is 5.11 Å². The van der Waals surface area contributed by atoms with Gasteiger partial charge in [0.25, 0.3) is 0 Å². The second-order valence-electron chi connectivity index (χ2n) is 3.50. The molecule has 2 rings (SSSR count). The molecular weight excluding hydrogens is 249 g/mol. The van der Waals surface area contributed by atoms with Crippen LogP contribution in [0.15, 0.2) is 36.4 Å². The molecule has 0 saturated heterocycles. The fourth-order valence-corrected chi connectivity index (χ4v) is 2.33. The highest BCUT2D eigenvalue weighted by Crippen LogP contribution is 2.34. The second kappa shape index (κ2) is 4.50. The molecule has 0 amide bonds. The van der Waals surface area contributed by atoms with Crippen LogP contribution in [0.3, 0.4) is 0 Å². The molecule has 1 aromatic carbocycles. The van der Waals surface area contributed by atoms with Crippen molar-refractivity contribution in [3.05, 3.63) is 46.8 Å². The van der Waals surface area contributed by atoms with Crippen LogP contribution in [0.5, 0.6) is 0 Å². The molecule has 0 aliphatic rings. The fourth-order valence-electron chi connectivity index (χ4n) is 1.47. The lowest BCUT2D eigenvalue weighted by molar-refractivity contribution is -0.137. The fraction of sp³-hybridized carbons (Fsp3) is 0.167. The Morgan fingerprint density at radius 2 is 1.88 bits per heavy atom. The van der Waals surface area contributed by atoms with Crippen LogP contribution in [0.4, 0.5) is 13.2 Å². The van der Waals surface area contributed by atoms with Crippen LogP contribution in [0.1, 0.15) is 10.4 Å². The first-order valence-corrected chi connectivity index (χ1v) is 5.69. The highest BCUT2D eigenvalue weighted by atomic mass is 32.1. The van der Waals surface area contributed by atoms with Crippen molar-refractivity contribution < 1.29 is 18.3 Å². The number of halogens is 3. The highest BCUT2D eigenvalue weighted by Gasteiger charge is 2.30. The van der Waals surface area contributed by atoms with E-state index in [0.29, 0.717) is 5.56 Å². The molecule has 0 saturated carbocycles. The average Bonchev–Trinajstić information content (AvgIpc) is 2.76. The van der Waals surface area contributed by atoms with Crippen molar-refractivity contribution in [3.8, 4) is 10.4 Å². The lowest BCUT2D eigenvalue weighted by Crippen LogP contribution is -2.04. The minimum absolute atomic E-state index is 0.0936. The third kappa shape index (κ3) is 2.68. The SMILES string of the molecule is OCc1ccc(-c2cccc(C(F)(F)F)c2)s1. The summed E-state index contributed by atoms with van der Waals surface area (Å²) in [7, 11) is 0.